The zero-order chi connectivity index (χ0) is 21.8. The summed E-state index contributed by atoms with van der Waals surface area (Å²) in [4.78, 5) is 24.4. The molecule has 0 saturated carbocycles. The number of benzene rings is 2. The Labute approximate surface area is 181 Å². The van der Waals surface area contributed by atoms with Gasteiger partial charge >= 0.3 is 12.1 Å². The minimum absolute atomic E-state index is 0.274. The van der Waals surface area contributed by atoms with Crippen LogP contribution in [-0.4, -0.2) is 48.6 Å². The molecule has 7 heteroatoms. The van der Waals surface area contributed by atoms with Gasteiger partial charge in [-0.1, -0.05) is 48.5 Å². The molecule has 0 bridgehead atoms. The summed E-state index contributed by atoms with van der Waals surface area (Å²) in [6, 6.07) is 12.9. The van der Waals surface area contributed by atoms with Crippen molar-refractivity contribution in [2.75, 3.05) is 13.2 Å². The summed E-state index contributed by atoms with van der Waals surface area (Å²) in [5.41, 5.74) is 1.02. The SMILES string of the molecule is C=CC[C@@H]1OC(c2cccc3ccccc23)C[C@@H]1C(NC(=O)OC1CCOC1)C(=O)O. The van der Waals surface area contributed by atoms with E-state index in [9.17, 15) is 14.7 Å². The van der Waals surface area contributed by atoms with E-state index >= 15 is 0 Å². The molecule has 2 N–H and O–H groups in total. The van der Waals surface area contributed by atoms with Crippen molar-refractivity contribution in [2.45, 2.75) is 43.6 Å². The lowest BCUT2D eigenvalue weighted by atomic mass is 9.87. The Bertz CT molecular complexity index is 949. The van der Waals surface area contributed by atoms with Gasteiger partial charge in [-0.25, -0.2) is 9.59 Å². The molecular weight excluding hydrogens is 398 g/mol. The summed E-state index contributed by atoms with van der Waals surface area (Å²) >= 11 is 0. The van der Waals surface area contributed by atoms with Gasteiger partial charge in [0.1, 0.15) is 12.1 Å². The van der Waals surface area contributed by atoms with Gasteiger partial charge in [-0.2, -0.15) is 0 Å². The van der Waals surface area contributed by atoms with Crippen molar-refractivity contribution in [1.82, 2.24) is 5.32 Å². The van der Waals surface area contributed by atoms with E-state index in [0.29, 0.717) is 32.5 Å². The number of ether oxygens (including phenoxy) is 3. The first-order valence-electron chi connectivity index (χ1n) is 10.6. The molecule has 2 heterocycles. The quantitative estimate of drug-likeness (QED) is 0.655. The zero-order valence-electron chi connectivity index (χ0n) is 17.2. The molecule has 0 radical (unpaired) electrons. The van der Waals surface area contributed by atoms with Crippen LogP contribution in [0.25, 0.3) is 10.8 Å². The number of carboxylic acids is 1. The molecule has 0 spiro atoms. The van der Waals surface area contributed by atoms with Crippen molar-refractivity contribution in [3.8, 4) is 0 Å². The third-order valence-electron chi connectivity index (χ3n) is 6.00. The molecule has 2 aliphatic rings. The first kappa shape index (κ1) is 21.3. The van der Waals surface area contributed by atoms with Gasteiger partial charge in [0.25, 0.3) is 0 Å². The number of fused-ring (bicyclic) bond motifs is 1. The third kappa shape index (κ3) is 4.73. The average Bonchev–Trinajstić information content (AvgIpc) is 3.42. The third-order valence-corrected chi connectivity index (χ3v) is 6.00. The van der Waals surface area contributed by atoms with E-state index in [4.69, 9.17) is 14.2 Å². The Morgan fingerprint density at radius 1 is 1.26 bits per heavy atom. The number of aliphatic carboxylic acids is 1. The molecule has 3 unspecified atom stereocenters. The highest BCUT2D eigenvalue weighted by atomic mass is 16.6. The van der Waals surface area contributed by atoms with Crippen molar-refractivity contribution < 1.29 is 28.9 Å². The first-order chi connectivity index (χ1) is 15.1. The van der Waals surface area contributed by atoms with Gasteiger partial charge in [0.2, 0.25) is 0 Å². The molecular formula is C24H27NO6. The lowest BCUT2D eigenvalue weighted by Gasteiger charge is -2.25. The Kier molecular flexibility index (Phi) is 6.53. The summed E-state index contributed by atoms with van der Waals surface area (Å²) in [5.74, 6) is -1.53. The van der Waals surface area contributed by atoms with Crippen molar-refractivity contribution in [1.29, 1.82) is 0 Å². The van der Waals surface area contributed by atoms with E-state index in [1.165, 1.54) is 0 Å². The zero-order valence-corrected chi connectivity index (χ0v) is 17.2. The van der Waals surface area contributed by atoms with Crippen LogP contribution >= 0.6 is 0 Å². The summed E-state index contributed by atoms with van der Waals surface area (Å²) in [5, 5.41) is 14.6. The van der Waals surface area contributed by atoms with Crippen LogP contribution in [0.3, 0.4) is 0 Å². The van der Waals surface area contributed by atoms with E-state index < -0.39 is 24.0 Å². The second-order valence-electron chi connectivity index (χ2n) is 8.01. The van der Waals surface area contributed by atoms with E-state index in [-0.39, 0.29) is 18.3 Å². The molecule has 0 aromatic heterocycles. The number of nitrogens with one attached hydrogen (secondary N) is 1. The molecule has 2 aromatic rings. The molecule has 2 aromatic carbocycles. The van der Waals surface area contributed by atoms with Crippen LogP contribution < -0.4 is 5.32 Å². The smallest absolute Gasteiger partial charge is 0.408 e. The van der Waals surface area contributed by atoms with Crippen LogP contribution in [0, 0.1) is 5.92 Å². The predicted octanol–water partition coefficient (Wildman–Crippen LogP) is 3.83. The number of hydrogen-bond donors (Lipinski definition) is 2. The highest BCUT2D eigenvalue weighted by Crippen LogP contribution is 2.42. The summed E-state index contributed by atoms with van der Waals surface area (Å²) in [6.45, 7) is 4.65. The lowest BCUT2D eigenvalue weighted by Crippen LogP contribution is -2.49. The van der Waals surface area contributed by atoms with Crippen LogP contribution in [0.2, 0.25) is 0 Å². The van der Waals surface area contributed by atoms with Gasteiger partial charge in [-0.05, 0) is 29.2 Å². The number of carboxylic acid groups (broad SMARTS) is 1. The molecule has 164 valence electrons. The van der Waals surface area contributed by atoms with E-state index in [1.807, 2.05) is 42.5 Å². The fourth-order valence-electron chi connectivity index (χ4n) is 4.51. The molecule has 5 atom stereocenters. The number of carbonyl (C=O) groups is 2. The molecule has 2 fully saturated rings. The number of amides is 1. The highest BCUT2D eigenvalue weighted by molar-refractivity contribution is 5.86. The van der Waals surface area contributed by atoms with Crippen molar-refractivity contribution >= 4 is 22.8 Å². The second kappa shape index (κ2) is 9.49. The van der Waals surface area contributed by atoms with Crippen LogP contribution in [-0.2, 0) is 19.0 Å². The van der Waals surface area contributed by atoms with Gasteiger partial charge in [0.05, 0.1) is 25.4 Å². The van der Waals surface area contributed by atoms with Gasteiger partial charge in [0.15, 0.2) is 0 Å². The minimum atomic E-state index is -1.13. The van der Waals surface area contributed by atoms with Crippen molar-refractivity contribution in [2.24, 2.45) is 5.92 Å². The summed E-state index contributed by atoms with van der Waals surface area (Å²) < 4.78 is 16.8. The Balaban J connectivity index is 1.55. The normalized spacial score (nSPS) is 26.5. The van der Waals surface area contributed by atoms with Gasteiger partial charge in [-0.15, -0.1) is 6.58 Å². The van der Waals surface area contributed by atoms with Gasteiger partial charge < -0.3 is 24.6 Å². The van der Waals surface area contributed by atoms with Gasteiger partial charge in [-0.3, -0.25) is 0 Å². The van der Waals surface area contributed by atoms with E-state index in [1.54, 1.807) is 6.08 Å². The molecule has 1 amide bonds. The highest BCUT2D eigenvalue weighted by Gasteiger charge is 2.44. The molecule has 31 heavy (non-hydrogen) atoms. The van der Waals surface area contributed by atoms with Crippen molar-refractivity contribution in [3.63, 3.8) is 0 Å². The average molecular weight is 425 g/mol. The summed E-state index contributed by atoms with van der Waals surface area (Å²) in [7, 11) is 0. The van der Waals surface area contributed by atoms with Crippen LogP contribution in [0.5, 0.6) is 0 Å². The van der Waals surface area contributed by atoms with Gasteiger partial charge in [0, 0.05) is 12.3 Å². The fourth-order valence-corrected chi connectivity index (χ4v) is 4.51. The molecule has 0 aliphatic carbocycles. The minimum Gasteiger partial charge on any atom is -0.480 e. The standard InChI is InChI=1S/C24H27NO6/c1-2-6-20-19(22(23(26)27)25-24(28)30-16-11-12-29-14-16)13-21(31-20)18-10-5-8-15-7-3-4-9-17(15)18/h2-5,7-10,16,19-22H,1,6,11-14H2,(H,25,28)(H,26,27)/t16?,19-,20-,21?,22?/m0/s1. The largest absolute Gasteiger partial charge is 0.480 e. The van der Waals surface area contributed by atoms with Crippen molar-refractivity contribution in [3.05, 3.63) is 60.7 Å². The number of carbonyl (C=O) groups excluding carboxylic acids is 1. The topological polar surface area (TPSA) is 94.1 Å². The fraction of sp³-hybridized carbons (Fsp3) is 0.417. The number of rotatable bonds is 7. The summed E-state index contributed by atoms with van der Waals surface area (Å²) in [6.07, 6.45) is 1.55. The maximum atomic E-state index is 12.3. The van der Waals surface area contributed by atoms with Crippen LogP contribution in [0.4, 0.5) is 4.79 Å². The lowest BCUT2D eigenvalue weighted by molar-refractivity contribution is -0.141. The Morgan fingerprint density at radius 2 is 2.06 bits per heavy atom. The van der Waals surface area contributed by atoms with Crippen LogP contribution in [0.15, 0.2) is 55.1 Å². The monoisotopic (exact) mass is 425 g/mol. The van der Waals surface area contributed by atoms with Crippen LogP contribution in [0.1, 0.15) is 30.9 Å². The number of hydrogen-bond acceptors (Lipinski definition) is 5. The molecule has 7 nitrogen and oxygen atoms in total. The molecule has 2 aliphatic heterocycles. The Morgan fingerprint density at radius 3 is 2.81 bits per heavy atom. The Hall–Kier alpha value is -2.90. The number of alkyl carbamates (subject to hydrolysis) is 1. The van der Waals surface area contributed by atoms with E-state index in [0.717, 1.165) is 16.3 Å². The maximum Gasteiger partial charge on any atom is 0.408 e. The van der Waals surface area contributed by atoms with E-state index in [2.05, 4.69) is 11.9 Å². The maximum absolute atomic E-state index is 12.3. The predicted molar refractivity (Wildman–Crippen MR) is 115 cm³/mol. The molecule has 2 saturated heterocycles. The molecule has 4 rings (SSSR count). The first-order valence-corrected chi connectivity index (χ1v) is 10.6. The second-order valence-corrected chi connectivity index (χ2v) is 8.01.